The SMILES string of the molecule is COc1ccc(C(=O)C2CCN(C(=O)CSCC(=O)Nc3ccccc3F)CC2)cc1. The van der Waals surface area contributed by atoms with E-state index in [0.717, 1.165) is 0 Å². The molecule has 3 rings (SSSR count). The van der Waals surface area contributed by atoms with Crippen molar-refractivity contribution in [2.45, 2.75) is 12.8 Å². The highest BCUT2D eigenvalue weighted by atomic mass is 32.2. The fraction of sp³-hybridized carbons (Fsp3) is 0.348. The highest BCUT2D eigenvalue weighted by Gasteiger charge is 2.28. The maximum atomic E-state index is 13.6. The Morgan fingerprint density at radius 3 is 2.39 bits per heavy atom. The van der Waals surface area contributed by atoms with Gasteiger partial charge in [-0.15, -0.1) is 11.8 Å². The van der Waals surface area contributed by atoms with Crippen LogP contribution in [0.1, 0.15) is 23.2 Å². The van der Waals surface area contributed by atoms with Crippen LogP contribution >= 0.6 is 11.8 Å². The van der Waals surface area contributed by atoms with Gasteiger partial charge in [-0.25, -0.2) is 4.39 Å². The van der Waals surface area contributed by atoms with Crippen LogP contribution in [0.2, 0.25) is 0 Å². The molecule has 6 nitrogen and oxygen atoms in total. The molecule has 1 N–H and O–H groups in total. The van der Waals surface area contributed by atoms with Gasteiger partial charge in [0.25, 0.3) is 0 Å². The van der Waals surface area contributed by atoms with E-state index in [-0.39, 0.29) is 40.7 Å². The summed E-state index contributed by atoms with van der Waals surface area (Å²) >= 11 is 1.19. The number of thioether (sulfide) groups is 1. The van der Waals surface area contributed by atoms with E-state index in [9.17, 15) is 18.8 Å². The van der Waals surface area contributed by atoms with Crippen LogP contribution in [-0.2, 0) is 9.59 Å². The minimum Gasteiger partial charge on any atom is -0.497 e. The second kappa shape index (κ2) is 10.9. The number of rotatable bonds is 8. The van der Waals surface area contributed by atoms with Crippen LogP contribution in [0.5, 0.6) is 5.75 Å². The highest BCUT2D eigenvalue weighted by Crippen LogP contribution is 2.23. The third-order valence-corrected chi connectivity index (χ3v) is 6.12. The molecular formula is C23H25FN2O4S. The molecule has 1 heterocycles. The summed E-state index contributed by atoms with van der Waals surface area (Å²) in [6.07, 6.45) is 1.24. The number of hydrogen-bond acceptors (Lipinski definition) is 5. The van der Waals surface area contributed by atoms with E-state index in [1.807, 2.05) is 0 Å². The van der Waals surface area contributed by atoms with Crippen LogP contribution in [0.4, 0.5) is 10.1 Å². The molecule has 0 unspecified atom stereocenters. The smallest absolute Gasteiger partial charge is 0.234 e. The number of para-hydroxylation sites is 1. The lowest BCUT2D eigenvalue weighted by atomic mass is 9.89. The molecule has 1 saturated heterocycles. The molecule has 0 atom stereocenters. The quantitative estimate of drug-likeness (QED) is 0.630. The Kier molecular flexibility index (Phi) is 8.06. The van der Waals surface area contributed by atoms with Crippen LogP contribution in [0.3, 0.4) is 0 Å². The number of carbonyl (C=O) groups excluding carboxylic acids is 3. The maximum absolute atomic E-state index is 13.6. The van der Waals surface area contributed by atoms with E-state index in [0.29, 0.717) is 37.2 Å². The van der Waals surface area contributed by atoms with Gasteiger partial charge in [0.1, 0.15) is 11.6 Å². The third-order valence-electron chi connectivity index (χ3n) is 5.20. The van der Waals surface area contributed by atoms with Crippen LogP contribution in [0, 0.1) is 11.7 Å². The number of Topliss-reactive ketones (excluding diaryl/α,β-unsaturated/α-hetero) is 1. The first-order chi connectivity index (χ1) is 15.0. The summed E-state index contributed by atoms with van der Waals surface area (Å²) in [7, 11) is 1.58. The van der Waals surface area contributed by atoms with Gasteiger partial charge in [-0.1, -0.05) is 12.1 Å². The number of nitrogens with one attached hydrogen (secondary N) is 1. The predicted octanol–water partition coefficient (Wildman–Crippen LogP) is 3.63. The zero-order valence-electron chi connectivity index (χ0n) is 17.3. The Balaban J connectivity index is 1.39. The number of amides is 2. The summed E-state index contributed by atoms with van der Waals surface area (Å²) in [5.74, 6) is 0.0197. The fourth-order valence-corrected chi connectivity index (χ4v) is 4.17. The van der Waals surface area contributed by atoms with Crippen molar-refractivity contribution in [3.63, 3.8) is 0 Å². The van der Waals surface area contributed by atoms with Gasteiger partial charge in [-0.3, -0.25) is 14.4 Å². The lowest BCUT2D eigenvalue weighted by Gasteiger charge is -2.31. The van der Waals surface area contributed by atoms with Crippen molar-refractivity contribution in [2.24, 2.45) is 5.92 Å². The summed E-state index contributed by atoms with van der Waals surface area (Å²) in [5.41, 5.74) is 0.782. The molecule has 1 aliphatic rings. The van der Waals surface area contributed by atoms with Crippen molar-refractivity contribution >= 4 is 35.0 Å². The van der Waals surface area contributed by atoms with Crippen molar-refractivity contribution in [1.29, 1.82) is 0 Å². The number of piperidine rings is 1. The second-order valence-electron chi connectivity index (χ2n) is 7.27. The second-order valence-corrected chi connectivity index (χ2v) is 8.25. The molecule has 8 heteroatoms. The van der Waals surface area contributed by atoms with E-state index < -0.39 is 5.82 Å². The maximum Gasteiger partial charge on any atom is 0.234 e. The van der Waals surface area contributed by atoms with Gasteiger partial charge >= 0.3 is 0 Å². The monoisotopic (exact) mass is 444 g/mol. The van der Waals surface area contributed by atoms with Crippen LogP contribution in [0.15, 0.2) is 48.5 Å². The van der Waals surface area contributed by atoms with Gasteiger partial charge in [-0.05, 0) is 49.2 Å². The first-order valence-corrected chi connectivity index (χ1v) is 11.2. The number of methoxy groups -OCH3 is 1. The first kappa shape index (κ1) is 22.8. The van der Waals surface area contributed by atoms with Crippen molar-refractivity contribution in [1.82, 2.24) is 4.90 Å². The van der Waals surface area contributed by atoms with Crippen LogP contribution in [-0.4, -0.2) is 54.2 Å². The summed E-state index contributed by atoms with van der Waals surface area (Å²) in [5, 5.41) is 2.50. The average molecular weight is 445 g/mol. The number of halogens is 1. The number of benzene rings is 2. The number of ether oxygens (including phenoxy) is 1. The number of anilines is 1. The third kappa shape index (κ3) is 6.30. The number of ketones is 1. The summed E-state index contributed by atoms with van der Waals surface area (Å²) in [6, 6.07) is 13.0. The van der Waals surface area contributed by atoms with Gasteiger partial charge in [0, 0.05) is 24.6 Å². The number of nitrogens with zero attached hydrogens (tertiary/aromatic N) is 1. The molecule has 0 radical (unpaired) electrons. The molecule has 31 heavy (non-hydrogen) atoms. The molecule has 0 aromatic heterocycles. The van der Waals surface area contributed by atoms with Gasteiger partial charge in [0.15, 0.2) is 5.78 Å². The van der Waals surface area contributed by atoms with Crippen molar-refractivity contribution in [3.8, 4) is 5.75 Å². The molecule has 1 fully saturated rings. The number of likely N-dealkylation sites (tertiary alicyclic amines) is 1. The van der Waals surface area contributed by atoms with E-state index in [4.69, 9.17) is 4.74 Å². The molecule has 2 aromatic rings. The van der Waals surface area contributed by atoms with Crippen LogP contribution in [0.25, 0.3) is 0 Å². The molecule has 0 aliphatic carbocycles. The van der Waals surface area contributed by atoms with Gasteiger partial charge in [0.2, 0.25) is 11.8 Å². The lowest BCUT2D eigenvalue weighted by Crippen LogP contribution is -2.41. The van der Waals surface area contributed by atoms with Gasteiger partial charge in [-0.2, -0.15) is 0 Å². The molecular weight excluding hydrogens is 419 g/mol. The lowest BCUT2D eigenvalue weighted by molar-refractivity contribution is -0.129. The molecule has 0 saturated carbocycles. The predicted molar refractivity (Wildman–Crippen MR) is 119 cm³/mol. The summed E-state index contributed by atoms with van der Waals surface area (Å²) in [4.78, 5) is 38.8. The minimum absolute atomic E-state index is 0.0564. The largest absolute Gasteiger partial charge is 0.497 e. The van der Waals surface area contributed by atoms with E-state index in [2.05, 4.69) is 5.32 Å². The zero-order valence-corrected chi connectivity index (χ0v) is 18.1. The minimum atomic E-state index is -0.496. The number of hydrogen-bond donors (Lipinski definition) is 1. The topological polar surface area (TPSA) is 75.7 Å². The summed E-state index contributed by atoms with van der Waals surface area (Å²) < 4.78 is 18.7. The van der Waals surface area contributed by atoms with Gasteiger partial charge in [0.05, 0.1) is 24.3 Å². The van der Waals surface area contributed by atoms with Gasteiger partial charge < -0.3 is 15.0 Å². The zero-order chi connectivity index (χ0) is 22.2. The Morgan fingerprint density at radius 2 is 1.74 bits per heavy atom. The van der Waals surface area contributed by atoms with Crippen LogP contribution < -0.4 is 10.1 Å². The Labute approximate surface area is 185 Å². The molecule has 0 spiro atoms. The fourth-order valence-electron chi connectivity index (χ4n) is 3.45. The molecule has 2 aromatic carbocycles. The molecule has 0 bridgehead atoms. The standard InChI is InChI=1S/C23H25FN2O4S/c1-30-18-8-6-16(7-9-18)23(29)17-10-12-26(13-11-17)22(28)15-31-14-21(27)25-20-5-3-2-4-19(20)24/h2-9,17H,10-15H2,1H3,(H,25,27). The first-order valence-electron chi connectivity index (χ1n) is 10.1. The van der Waals surface area contributed by atoms with Crippen molar-refractivity contribution in [2.75, 3.05) is 37.0 Å². The van der Waals surface area contributed by atoms with E-state index in [1.165, 1.54) is 23.9 Å². The normalized spacial score (nSPS) is 14.2. The Hall–Kier alpha value is -2.87. The van der Waals surface area contributed by atoms with E-state index in [1.54, 1.807) is 48.4 Å². The summed E-state index contributed by atoms with van der Waals surface area (Å²) in [6.45, 7) is 1.04. The average Bonchev–Trinajstić information content (AvgIpc) is 2.80. The molecule has 164 valence electrons. The Morgan fingerprint density at radius 1 is 1.06 bits per heavy atom. The van der Waals surface area contributed by atoms with Crippen molar-refractivity contribution in [3.05, 3.63) is 59.9 Å². The van der Waals surface area contributed by atoms with E-state index >= 15 is 0 Å². The number of carbonyl (C=O) groups is 3. The Bertz CT molecular complexity index is 927. The van der Waals surface area contributed by atoms with Crippen molar-refractivity contribution < 1.29 is 23.5 Å². The molecule has 1 aliphatic heterocycles. The highest BCUT2D eigenvalue weighted by molar-refractivity contribution is 8.00. The molecule has 2 amide bonds.